The third-order valence-corrected chi connectivity index (χ3v) is 12.3. The van der Waals surface area contributed by atoms with Crippen LogP contribution < -0.4 is 0 Å². The summed E-state index contributed by atoms with van der Waals surface area (Å²) in [4.78, 5) is 0. The van der Waals surface area contributed by atoms with E-state index in [1.165, 1.54) is 103 Å². The van der Waals surface area contributed by atoms with Crippen molar-refractivity contribution < 1.29 is 0 Å². The smallest absolute Gasteiger partial charge is 0.0541 e. The van der Waals surface area contributed by atoms with Gasteiger partial charge >= 0.3 is 0 Å². The van der Waals surface area contributed by atoms with Gasteiger partial charge in [-0.2, -0.15) is 0 Å². The minimum Gasteiger partial charge on any atom is -0.309 e. The Morgan fingerprint density at radius 3 is 1.25 bits per heavy atom. The summed E-state index contributed by atoms with van der Waals surface area (Å²) in [5.74, 6) is 0. The highest BCUT2D eigenvalue weighted by Gasteiger charge is 2.16. The molecule has 0 spiro atoms. The molecule has 2 aromatic heterocycles. The fraction of sp³-hybridized carbons (Fsp3) is 0. The first-order valence-corrected chi connectivity index (χ1v) is 20.0. The van der Waals surface area contributed by atoms with Crippen LogP contribution in [-0.2, 0) is 0 Å². The molecule has 0 bridgehead atoms. The van der Waals surface area contributed by atoms with Crippen LogP contribution in [-0.4, -0.2) is 4.57 Å². The molecule has 11 aromatic rings. The molecule has 0 aliphatic carbocycles. The van der Waals surface area contributed by atoms with E-state index in [9.17, 15) is 0 Å². The molecule has 0 N–H and O–H groups in total. The van der Waals surface area contributed by atoms with Gasteiger partial charge in [0.25, 0.3) is 0 Å². The Labute approximate surface area is 330 Å². The lowest BCUT2D eigenvalue weighted by molar-refractivity contribution is 1.18. The SMILES string of the molecule is c1ccc(-c2ccc(-c3cc(-c4ccc5sc6ccc(-c7ccccc7)cc6c5c4)cc(-c4ccc5c(c4)c4ccccc4n5-c4ccccc4)c3)cc2)cc1. The van der Waals surface area contributed by atoms with Crippen LogP contribution >= 0.6 is 11.3 Å². The number of thiophene rings is 1. The van der Waals surface area contributed by atoms with Crippen molar-refractivity contribution in [2.45, 2.75) is 0 Å². The van der Waals surface area contributed by atoms with Crippen LogP contribution in [0.3, 0.4) is 0 Å². The zero-order chi connectivity index (χ0) is 37.0. The summed E-state index contributed by atoms with van der Waals surface area (Å²) >= 11 is 1.87. The Bertz CT molecular complexity index is 3210. The van der Waals surface area contributed by atoms with Crippen molar-refractivity contribution in [2.24, 2.45) is 0 Å². The van der Waals surface area contributed by atoms with Crippen molar-refractivity contribution in [1.29, 1.82) is 0 Å². The number of nitrogens with zero attached hydrogens (tertiary/aromatic N) is 1. The van der Waals surface area contributed by atoms with Crippen LogP contribution in [0.15, 0.2) is 212 Å². The lowest BCUT2D eigenvalue weighted by atomic mass is 9.91. The van der Waals surface area contributed by atoms with Gasteiger partial charge in [0.15, 0.2) is 0 Å². The maximum Gasteiger partial charge on any atom is 0.0541 e. The summed E-state index contributed by atoms with van der Waals surface area (Å²) in [6.45, 7) is 0. The molecule has 1 nitrogen and oxygen atoms in total. The van der Waals surface area contributed by atoms with E-state index in [4.69, 9.17) is 0 Å². The second kappa shape index (κ2) is 13.4. The number of rotatable bonds is 6. The standard InChI is InChI=1S/C54H35NS/c1-4-12-36(13-5-1)38-20-22-39(23-21-38)43-30-44(41-24-27-52-48(33-41)47-18-10-11-19-51(47)55(52)46-16-8-3-9-17-46)32-45(31-43)42-26-29-54-50(35-42)49-34-40(25-28-53(49)56-54)37-14-6-2-7-15-37/h1-35H. The van der Waals surface area contributed by atoms with Gasteiger partial charge in [-0.15, -0.1) is 11.3 Å². The van der Waals surface area contributed by atoms with E-state index in [2.05, 4.69) is 217 Å². The summed E-state index contributed by atoms with van der Waals surface area (Å²) in [6, 6.07) is 77.8. The van der Waals surface area contributed by atoms with Crippen LogP contribution in [0.1, 0.15) is 0 Å². The van der Waals surface area contributed by atoms with Gasteiger partial charge in [0, 0.05) is 36.6 Å². The second-order valence-electron chi connectivity index (χ2n) is 14.6. The van der Waals surface area contributed by atoms with Gasteiger partial charge in [0.2, 0.25) is 0 Å². The predicted octanol–water partition coefficient (Wildman–Crippen LogP) is 15.5. The van der Waals surface area contributed by atoms with E-state index in [1.54, 1.807) is 0 Å². The maximum absolute atomic E-state index is 2.40. The summed E-state index contributed by atoms with van der Waals surface area (Å²) in [6.07, 6.45) is 0. The first-order valence-electron chi connectivity index (χ1n) is 19.2. The van der Waals surface area contributed by atoms with Crippen molar-refractivity contribution in [3.63, 3.8) is 0 Å². The summed E-state index contributed by atoms with van der Waals surface area (Å²) in [5, 5.41) is 5.11. The molecule has 9 aromatic carbocycles. The van der Waals surface area contributed by atoms with Crippen molar-refractivity contribution in [3.05, 3.63) is 212 Å². The van der Waals surface area contributed by atoms with E-state index in [0.717, 1.165) is 0 Å². The molecule has 262 valence electrons. The van der Waals surface area contributed by atoms with Gasteiger partial charge < -0.3 is 4.57 Å². The molecular formula is C54H35NS. The minimum atomic E-state index is 1.17. The third-order valence-electron chi connectivity index (χ3n) is 11.2. The Kier molecular flexibility index (Phi) is 7.75. The van der Waals surface area contributed by atoms with Crippen molar-refractivity contribution >= 4 is 53.3 Å². The van der Waals surface area contributed by atoms with Crippen molar-refractivity contribution in [2.75, 3.05) is 0 Å². The van der Waals surface area contributed by atoms with E-state index in [1.807, 2.05) is 11.3 Å². The number of fused-ring (bicyclic) bond motifs is 6. The van der Waals surface area contributed by atoms with Crippen LogP contribution in [0.4, 0.5) is 0 Å². The van der Waals surface area contributed by atoms with Crippen LogP contribution in [0.25, 0.3) is 103 Å². The third kappa shape index (κ3) is 5.62. The molecule has 11 rings (SSSR count). The Morgan fingerprint density at radius 1 is 0.250 bits per heavy atom. The lowest BCUT2D eigenvalue weighted by Crippen LogP contribution is -1.93. The Balaban J connectivity index is 1.09. The van der Waals surface area contributed by atoms with Gasteiger partial charge in [0.1, 0.15) is 0 Å². The Hall–Kier alpha value is -7.00. The fourth-order valence-corrected chi connectivity index (χ4v) is 9.45. The molecule has 0 fully saturated rings. The number of aromatic nitrogens is 1. The zero-order valence-electron chi connectivity index (χ0n) is 30.6. The van der Waals surface area contributed by atoms with Gasteiger partial charge in [0.05, 0.1) is 11.0 Å². The molecule has 0 aliphatic rings. The largest absolute Gasteiger partial charge is 0.309 e. The first kappa shape index (κ1) is 32.4. The van der Waals surface area contributed by atoms with Gasteiger partial charge in [-0.3, -0.25) is 0 Å². The van der Waals surface area contributed by atoms with E-state index in [-0.39, 0.29) is 0 Å². The van der Waals surface area contributed by atoms with E-state index < -0.39 is 0 Å². The molecule has 0 aliphatic heterocycles. The normalized spacial score (nSPS) is 11.6. The van der Waals surface area contributed by atoms with Crippen LogP contribution in [0, 0.1) is 0 Å². The molecule has 0 saturated carbocycles. The highest BCUT2D eigenvalue weighted by molar-refractivity contribution is 7.25. The molecule has 0 unspecified atom stereocenters. The van der Waals surface area contributed by atoms with Crippen LogP contribution in [0.5, 0.6) is 0 Å². The molecule has 2 heterocycles. The molecule has 0 amide bonds. The monoisotopic (exact) mass is 729 g/mol. The average Bonchev–Trinajstić information content (AvgIpc) is 3.82. The molecular weight excluding hydrogens is 695 g/mol. The van der Waals surface area contributed by atoms with Gasteiger partial charge in [-0.1, -0.05) is 140 Å². The predicted molar refractivity (Wildman–Crippen MR) is 241 cm³/mol. The molecule has 0 radical (unpaired) electrons. The quantitative estimate of drug-likeness (QED) is 0.161. The molecule has 0 saturated heterocycles. The molecule has 0 atom stereocenters. The number of benzene rings is 9. The highest BCUT2D eigenvalue weighted by atomic mass is 32.1. The van der Waals surface area contributed by atoms with Crippen LogP contribution in [0.2, 0.25) is 0 Å². The minimum absolute atomic E-state index is 1.17. The number of hydrogen-bond donors (Lipinski definition) is 0. The molecule has 56 heavy (non-hydrogen) atoms. The van der Waals surface area contributed by atoms with E-state index in [0.29, 0.717) is 0 Å². The van der Waals surface area contributed by atoms with Crippen molar-refractivity contribution in [1.82, 2.24) is 4.57 Å². The van der Waals surface area contributed by atoms with E-state index >= 15 is 0 Å². The highest BCUT2D eigenvalue weighted by Crippen LogP contribution is 2.41. The summed E-state index contributed by atoms with van der Waals surface area (Å²) < 4.78 is 5.00. The first-order chi connectivity index (χ1) is 27.7. The number of hydrogen-bond acceptors (Lipinski definition) is 1. The van der Waals surface area contributed by atoms with Gasteiger partial charge in [-0.05, 0) is 128 Å². The topological polar surface area (TPSA) is 4.93 Å². The zero-order valence-corrected chi connectivity index (χ0v) is 31.4. The fourth-order valence-electron chi connectivity index (χ4n) is 8.39. The van der Waals surface area contributed by atoms with Crippen molar-refractivity contribution in [3.8, 4) is 61.3 Å². The van der Waals surface area contributed by atoms with Gasteiger partial charge in [-0.25, -0.2) is 0 Å². The second-order valence-corrected chi connectivity index (χ2v) is 15.6. The number of para-hydroxylation sites is 2. The Morgan fingerprint density at radius 2 is 0.643 bits per heavy atom. The molecule has 2 heteroatoms. The maximum atomic E-state index is 2.40. The summed E-state index contributed by atoms with van der Waals surface area (Å²) in [7, 11) is 0. The lowest BCUT2D eigenvalue weighted by Gasteiger charge is -2.13. The average molecular weight is 730 g/mol. The summed E-state index contributed by atoms with van der Waals surface area (Å²) in [5.41, 5.74) is 15.7.